The number of rotatable bonds is 4. The molecule has 4 rings (SSSR count). The van der Waals surface area contributed by atoms with Gasteiger partial charge in [-0.25, -0.2) is 0 Å². The van der Waals surface area contributed by atoms with Gasteiger partial charge in [-0.05, 0) is 19.1 Å². The topological polar surface area (TPSA) is 57.0 Å². The number of benzene rings is 2. The first kappa shape index (κ1) is 15.9. The second-order valence-corrected chi connectivity index (χ2v) is 6.91. The number of nitrogens with zero attached hydrogens (tertiary/aromatic N) is 3. The molecule has 3 aromatic rings. The van der Waals surface area contributed by atoms with Crippen LogP contribution >= 0.6 is 11.8 Å². The summed E-state index contributed by atoms with van der Waals surface area (Å²) in [6, 6.07) is 18.1. The predicted molar refractivity (Wildman–Crippen MR) is 96.6 cm³/mol. The zero-order valence-corrected chi connectivity index (χ0v) is 14.6. The Morgan fingerprint density at radius 2 is 1.88 bits per heavy atom. The molecule has 0 aliphatic carbocycles. The second-order valence-electron chi connectivity index (χ2n) is 5.67. The van der Waals surface area contributed by atoms with E-state index in [4.69, 9.17) is 4.74 Å². The molecule has 1 aromatic heterocycles. The molecule has 6 heteroatoms. The van der Waals surface area contributed by atoms with Crippen molar-refractivity contribution in [2.24, 2.45) is 0 Å². The van der Waals surface area contributed by atoms with Crippen molar-refractivity contribution in [3.05, 3.63) is 60.4 Å². The maximum absolute atomic E-state index is 12.0. The van der Waals surface area contributed by atoms with Crippen LogP contribution in [0.4, 0.5) is 0 Å². The molecule has 0 radical (unpaired) electrons. The minimum Gasteiger partial charge on any atom is -0.466 e. The molecule has 2 aromatic carbocycles. The van der Waals surface area contributed by atoms with E-state index in [-0.39, 0.29) is 17.6 Å². The van der Waals surface area contributed by atoms with Crippen molar-refractivity contribution in [3.8, 4) is 17.1 Å². The Hall–Kier alpha value is -2.60. The fourth-order valence-corrected chi connectivity index (χ4v) is 4.19. The summed E-state index contributed by atoms with van der Waals surface area (Å²) in [7, 11) is 0. The Morgan fingerprint density at radius 3 is 2.68 bits per heavy atom. The van der Waals surface area contributed by atoms with Gasteiger partial charge < -0.3 is 4.74 Å². The Labute approximate surface area is 150 Å². The molecule has 0 saturated carbocycles. The minimum absolute atomic E-state index is 0.112. The molecule has 2 heterocycles. The van der Waals surface area contributed by atoms with Crippen molar-refractivity contribution in [3.63, 3.8) is 0 Å². The molecule has 0 bridgehead atoms. The highest BCUT2D eigenvalue weighted by molar-refractivity contribution is 7.99. The molecule has 0 fully saturated rings. The van der Waals surface area contributed by atoms with E-state index >= 15 is 0 Å². The van der Waals surface area contributed by atoms with Crippen LogP contribution in [0.5, 0.6) is 0 Å². The van der Waals surface area contributed by atoms with Crippen LogP contribution in [0, 0.1) is 0 Å². The molecule has 1 aliphatic rings. The van der Waals surface area contributed by atoms with Crippen LogP contribution in [0.3, 0.4) is 0 Å². The lowest BCUT2D eigenvalue weighted by Crippen LogP contribution is -2.16. The summed E-state index contributed by atoms with van der Waals surface area (Å²) in [6.07, 6.45) is 0.278. The quantitative estimate of drug-likeness (QED) is 0.664. The first-order valence-electron chi connectivity index (χ1n) is 8.20. The molecule has 0 amide bonds. The summed E-state index contributed by atoms with van der Waals surface area (Å²) in [4.78, 5) is 13.1. The molecule has 25 heavy (non-hydrogen) atoms. The highest BCUT2D eigenvalue weighted by Gasteiger charge is 2.32. The maximum Gasteiger partial charge on any atom is 0.307 e. The fourth-order valence-electron chi connectivity index (χ4n) is 2.97. The third kappa shape index (κ3) is 2.93. The average Bonchev–Trinajstić information content (AvgIpc) is 3.08. The molecular formula is C19H17N3O2S. The number of hydrogen-bond acceptors (Lipinski definition) is 5. The predicted octanol–water partition coefficient (Wildman–Crippen LogP) is 4.03. The van der Waals surface area contributed by atoms with Crippen LogP contribution in [0.25, 0.3) is 17.1 Å². The molecule has 1 aliphatic heterocycles. The van der Waals surface area contributed by atoms with Crippen LogP contribution in [0.2, 0.25) is 0 Å². The third-order valence-electron chi connectivity index (χ3n) is 4.04. The largest absolute Gasteiger partial charge is 0.466 e. The number of fused-ring (bicyclic) bond motifs is 3. The molecular weight excluding hydrogens is 334 g/mol. The van der Waals surface area contributed by atoms with Crippen molar-refractivity contribution in [2.45, 2.75) is 23.5 Å². The van der Waals surface area contributed by atoms with E-state index in [1.807, 2.05) is 49.4 Å². The van der Waals surface area contributed by atoms with Gasteiger partial charge in [-0.3, -0.25) is 9.36 Å². The number of hydrogen-bond donors (Lipinski definition) is 0. The summed E-state index contributed by atoms with van der Waals surface area (Å²) in [5.41, 5.74) is 2.05. The van der Waals surface area contributed by atoms with Gasteiger partial charge in [0.2, 0.25) is 0 Å². The van der Waals surface area contributed by atoms with Crippen LogP contribution in [-0.2, 0) is 9.53 Å². The fraction of sp³-hybridized carbons (Fsp3) is 0.211. The van der Waals surface area contributed by atoms with Gasteiger partial charge in [-0.15, -0.1) is 22.0 Å². The standard InChI is InChI=1S/C19H17N3O2S/c1-2-24-17(23)12-16-19-21-20-18(13-8-4-3-5-9-13)22(19)14-10-6-7-11-15(14)25-16/h3-11,16H,2,12H2,1H3. The van der Waals surface area contributed by atoms with E-state index in [1.165, 1.54) is 0 Å². The van der Waals surface area contributed by atoms with Gasteiger partial charge in [-0.2, -0.15) is 0 Å². The number of aromatic nitrogens is 3. The Bertz CT molecular complexity index is 908. The van der Waals surface area contributed by atoms with E-state index < -0.39 is 0 Å². The van der Waals surface area contributed by atoms with Crippen molar-refractivity contribution in [1.82, 2.24) is 14.8 Å². The lowest BCUT2D eigenvalue weighted by Gasteiger charge is -2.25. The normalized spacial score (nSPS) is 15.3. The van der Waals surface area contributed by atoms with Gasteiger partial charge in [0.05, 0.1) is 24.0 Å². The smallest absolute Gasteiger partial charge is 0.307 e. The van der Waals surface area contributed by atoms with Crippen molar-refractivity contribution in [2.75, 3.05) is 6.61 Å². The molecule has 0 spiro atoms. The summed E-state index contributed by atoms with van der Waals surface area (Å²) >= 11 is 1.64. The van der Waals surface area contributed by atoms with Gasteiger partial charge >= 0.3 is 5.97 Å². The third-order valence-corrected chi connectivity index (χ3v) is 5.30. The average molecular weight is 351 g/mol. The zero-order valence-electron chi connectivity index (χ0n) is 13.8. The SMILES string of the molecule is CCOC(=O)CC1Sc2ccccc2-n2c(-c3ccccc3)nnc21. The van der Waals surface area contributed by atoms with E-state index in [0.717, 1.165) is 27.8 Å². The van der Waals surface area contributed by atoms with E-state index in [1.54, 1.807) is 11.8 Å². The second kappa shape index (κ2) is 6.72. The van der Waals surface area contributed by atoms with Gasteiger partial charge in [0.1, 0.15) is 0 Å². The molecule has 0 saturated heterocycles. The van der Waals surface area contributed by atoms with Gasteiger partial charge in [-0.1, -0.05) is 42.5 Å². The lowest BCUT2D eigenvalue weighted by molar-refractivity contribution is -0.143. The van der Waals surface area contributed by atoms with Crippen LogP contribution in [0.15, 0.2) is 59.5 Å². The maximum atomic E-state index is 12.0. The van der Waals surface area contributed by atoms with Gasteiger partial charge in [0, 0.05) is 10.5 Å². The number of esters is 1. The van der Waals surface area contributed by atoms with Gasteiger partial charge in [0.25, 0.3) is 0 Å². The minimum atomic E-state index is -0.213. The molecule has 126 valence electrons. The summed E-state index contributed by atoms with van der Waals surface area (Å²) in [5, 5.41) is 8.72. The zero-order chi connectivity index (χ0) is 17.2. The number of ether oxygens (including phenoxy) is 1. The van der Waals surface area contributed by atoms with Crippen molar-refractivity contribution < 1.29 is 9.53 Å². The first-order chi connectivity index (χ1) is 12.3. The molecule has 1 unspecified atom stereocenters. The Morgan fingerprint density at radius 1 is 1.12 bits per heavy atom. The lowest BCUT2D eigenvalue weighted by atomic mass is 10.2. The van der Waals surface area contributed by atoms with E-state index in [0.29, 0.717) is 6.61 Å². The van der Waals surface area contributed by atoms with E-state index in [2.05, 4.69) is 26.9 Å². The Kier molecular flexibility index (Phi) is 4.28. The Balaban J connectivity index is 1.82. The van der Waals surface area contributed by atoms with Crippen LogP contribution in [-0.4, -0.2) is 27.3 Å². The first-order valence-corrected chi connectivity index (χ1v) is 9.08. The highest BCUT2D eigenvalue weighted by atomic mass is 32.2. The molecule has 5 nitrogen and oxygen atoms in total. The summed E-state index contributed by atoms with van der Waals surface area (Å²) < 4.78 is 7.19. The number of para-hydroxylation sites is 1. The number of thioether (sulfide) groups is 1. The van der Waals surface area contributed by atoms with E-state index in [9.17, 15) is 4.79 Å². The van der Waals surface area contributed by atoms with Gasteiger partial charge in [0.15, 0.2) is 11.6 Å². The highest BCUT2D eigenvalue weighted by Crippen LogP contribution is 2.46. The summed E-state index contributed by atoms with van der Waals surface area (Å²) in [6.45, 7) is 2.20. The molecule has 1 atom stereocenters. The van der Waals surface area contributed by atoms with Crippen LogP contribution < -0.4 is 0 Å². The summed E-state index contributed by atoms with van der Waals surface area (Å²) in [5.74, 6) is 1.36. The monoisotopic (exact) mass is 351 g/mol. The number of carbonyl (C=O) groups is 1. The van der Waals surface area contributed by atoms with Crippen molar-refractivity contribution in [1.29, 1.82) is 0 Å². The van der Waals surface area contributed by atoms with Crippen molar-refractivity contribution >= 4 is 17.7 Å². The number of carbonyl (C=O) groups excluding carboxylic acids is 1. The molecule has 0 N–H and O–H groups in total. The van der Waals surface area contributed by atoms with Crippen LogP contribution in [0.1, 0.15) is 24.4 Å².